The third-order valence-electron chi connectivity index (χ3n) is 3.43. The van der Waals surface area contributed by atoms with Gasteiger partial charge in [-0.3, -0.25) is 0 Å². The lowest BCUT2D eigenvalue weighted by atomic mass is 10.0. The Bertz CT molecular complexity index is 898. The van der Waals surface area contributed by atoms with Crippen LogP contribution in [0.5, 0.6) is 0 Å². The predicted molar refractivity (Wildman–Crippen MR) is 89.7 cm³/mol. The highest BCUT2D eigenvalue weighted by molar-refractivity contribution is 5.92. The second-order valence-electron chi connectivity index (χ2n) is 4.95. The lowest BCUT2D eigenvalue weighted by Gasteiger charge is -2.00. The number of nitrogens with zero attached hydrogens (tertiary/aromatic N) is 4. The Morgan fingerprint density at radius 3 is 2.60 bits per heavy atom. The van der Waals surface area contributed by atoms with Crippen molar-refractivity contribution in [3.05, 3.63) is 46.6 Å². The molecule has 25 heavy (non-hydrogen) atoms. The van der Waals surface area contributed by atoms with Crippen LogP contribution in [0.25, 0.3) is 11.6 Å². The number of carbonyl (C=O) groups is 1. The number of ether oxygens (including phenoxy) is 1. The summed E-state index contributed by atoms with van der Waals surface area (Å²) in [6.07, 6.45) is 1.53. The molecule has 0 atom stereocenters. The quantitative estimate of drug-likeness (QED) is 0.617. The molecule has 8 heteroatoms. The average Bonchev–Trinajstić information content (AvgIpc) is 2.95. The van der Waals surface area contributed by atoms with E-state index in [-0.39, 0.29) is 35.8 Å². The molecule has 0 fully saturated rings. The van der Waals surface area contributed by atoms with Crippen molar-refractivity contribution in [2.45, 2.75) is 6.54 Å². The molecule has 0 unspecified atom stereocenters. The normalized spacial score (nSPS) is 10.8. The molecule has 8 nitrogen and oxygen atoms in total. The van der Waals surface area contributed by atoms with Crippen LogP contribution < -0.4 is 5.73 Å². The van der Waals surface area contributed by atoms with E-state index < -0.39 is 5.97 Å². The molecule has 1 heterocycles. The number of allylic oxidation sites excluding steroid dienone is 1. The summed E-state index contributed by atoms with van der Waals surface area (Å²) < 4.78 is 5.90. The zero-order valence-corrected chi connectivity index (χ0v) is 13.4. The van der Waals surface area contributed by atoms with Gasteiger partial charge in [-0.15, -0.1) is 0 Å². The fraction of sp³-hybridized carbons (Fsp3) is 0.176. The molecule has 0 saturated heterocycles. The van der Waals surface area contributed by atoms with Crippen LogP contribution >= 0.6 is 0 Å². The maximum Gasteiger partial charge on any atom is 0.337 e. The molecule has 0 radical (unpaired) electrons. The topological polar surface area (TPSA) is 138 Å². The van der Waals surface area contributed by atoms with Crippen molar-refractivity contribution in [2.75, 3.05) is 19.5 Å². The number of nitrogens with two attached hydrogens (primary N) is 1. The van der Waals surface area contributed by atoms with Crippen LogP contribution in [0.4, 0.5) is 5.82 Å². The van der Waals surface area contributed by atoms with Crippen molar-refractivity contribution >= 4 is 23.4 Å². The standard InChI is InChI=1S/C17H15N5O3/c1-25-17(24)12-4-2-11(3-5-12)8-13(9-18)15-14(10-19)16(20)22(21-15)6-7-23/h2-5,8,23H,6-7,20H2,1H3. The van der Waals surface area contributed by atoms with E-state index >= 15 is 0 Å². The highest BCUT2D eigenvalue weighted by Gasteiger charge is 2.18. The third kappa shape index (κ3) is 3.66. The zero-order valence-electron chi connectivity index (χ0n) is 13.4. The molecule has 1 aromatic heterocycles. The second-order valence-corrected chi connectivity index (χ2v) is 4.95. The molecule has 3 N–H and O–H groups in total. The first kappa shape index (κ1) is 17.7. The molecule has 2 aromatic rings. The minimum atomic E-state index is -0.460. The summed E-state index contributed by atoms with van der Waals surface area (Å²) in [5, 5.41) is 31.9. The molecule has 0 aliphatic carbocycles. The second kappa shape index (κ2) is 7.77. The summed E-state index contributed by atoms with van der Waals surface area (Å²) in [4.78, 5) is 11.4. The summed E-state index contributed by atoms with van der Waals surface area (Å²) in [6.45, 7) is -0.0795. The van der Waals surface area contributed by atoms with Gasteiger partial charge in [-0.1, -0.05) is 12.1 Å². The van der Waals surface area contributed by atoms with Gasteiger partial charge < -0.3 is 15.6 Å². The van der Waals surface area contributed by atoms with Crippen molar-refractivity contribution in [2.24, 2.45) is 0 Å². The number of benzene rings is 1. The SMILES string of the molecule is COC(=O)c1ccc(C=C(C#N)c2nn(CCO)c(N)c2C#N)cc1. The number of methoxy groups -OCH3 is 1. The summed E-state index contributed by atoms with van der Waals surface area (Å²) in [5.41, 5.74) is 7.22. The Morgan fingerprint density at radius 2 is 2.08 bits per heavy atom. The van der Waals surface area contributed by atoms with E-state index in [9.17, 15) is 15.3 Å². The Morgan fingerprint density at radius 1 is 1.40 bits per heavy atom. The smallest absolute Gasteiger partial charge is 0.337 e. The van der Waals surface area contributed by atoms with Gasteiger partial charge in [0.15, 0.2) is 0 Å². The highest BCUT2D eigenvalue weighted by atomic mass is 16.5. The first-order valence-corrected chi connectivity index (χ1v) is 7.23. The number of aliphatic hydroxyl groups excluding tert-OH is 1. The summed E-state index contributed by atoms with van der Waals surface area (Å²) in [7, 11) is 1.29. The average molecular weight is 337 g/mol. The first-order valence-electron chi connectivity index (χ1n) is 7.23. The Hall–Kier alpha value is -3.62. The number of hydrogen-bond donors (Lipinski definition) is 2. The minimum absolute atomic E-state index is 0.0763. The van der Waals surface area contributed by atoms with E-state index in [1.54, 1.807) is 24.3 Å². The number of nitrogen functional groups attached to an aromatic ring is 1. The Labute approximate surface area is 144 Å². The number of anilines is 1. The van der Waals surface area contributed by atoms with Crippen LogP contribution in [0.3, 0.4) is 0 Å². The van der Waals surface area contributed by atoms with Crippen LogP contribution in [-0.2, 0) is 11.3 Å². The van der Waals surface area contributed by atoms with Crippen LogP contribution in [-0.4, -0.2) is 34.6 Å². The van der Waals surface area contributed by atoms with Gasteiger partial charge >= 0.3 is 5.97 Å². The highest BCUT2D eigenvalue weighted by Crippen LogP contribution is 2.24. The third-order valence-corrected chi connectivity index (χ3v) is 3.43. The van der Waals surface area contributed by atoms with Crippen LogP contribution in [0.1, 0.15) is 27.2 Å². The Kier molecular flexibility index (Phi) is 5.51. The predicted octanol–water partition coefficient (Wildman–Crippen LogP) is 1.18. The molecule has 2 rings (SSSR count). The molecule has 0 saturated carbocycles. The van der Waals surface area contributed by atoms with Crippen molar-refractivity contribution in [1.29, 1.82) is 10.5 Å². The van der Waals surface area contributed by atoms with E-state index in [0.717, 1.165) is 0 Å². The fourth-order valence-corrected chi connectivity index (χ4v) is 2.19. The number of esters is 1. The largest absolute Gasteiger partial charge is 0.465 e. The van der Waals surface area contributed by atoms with Gasteiger partial charge in [0.05, 0.1) is 31.4 Å². The summed E-state index contributed by atoms with van der Waals surface area (Å²) >= 11 is 0. The monoisotopic (exact) mass is 337 g/mol. The molecule has 0 spiro atoms. The number of nitriles is 2. The number of hydrogen-bond acceptors (Lipinski definition) is 7. The van der Waals surface area contributed by atoms with Gasteiger partial charge in [-0.05, 0) is 23.8 Å². The van der Waals surface area contributed by atoms with E-state index in [1.165, 1.54) is 17.9 Å². The lowest BCUT2D eigenvalue weighted by molar-refractivity contribution is 0.0600. The number of aromatic nitrogens is 2. The summed E-state index contributed by atoms with van der Waals surface area (Å²) in [5.74, 6) is -0.368. The molecular formula is C17H15N5O3. The van der Waals surface area contributed by atoms with Crippen LogP contribution in [0.15, 0.2) is 24.3 Å². The van der Waals surface area contributed by atoms with Gasteiger partial charge in [0.2, 0.25) is 0 Å². The maximum atomic E-state index is 11.4. The molecule has 126 valence electrons. The minimum Gasteiger partial charge on any atom is -0.465 e. The summed E-state index contributed by atoms with van der Waals surface area (Å²) in [6, 6.07) is 10.3. The van der Waals surface area contributed by atoms with Crippen LogP contribution in [0.2, 0.25) is 0 Å². The van der Waals surface area contributed by atoms with Crippen molar-refractivity contribution in [1.82, 2.24) is 9.78 Å². The number of rotatable bonds is 5. The number of carbonyl (C=O) groups excluding carboxylic acids is 1. The molecule has 0 aliphatic heterocycles. The van der Waals surface area contributed by atoms with Gasteiger partial charge in [-0.25, -0.2) is 9.48 Å². The fourth-order valence-electron chi connectivity index (χ4n) is 2.19. The molecule has 0 bridgehead atoms. The van der Waals surface area contributed by atoms with Crippen LogP contribution in [0, 0.1) is 22.7 Å². The van der Waals surface area contributed by atoms with Crippen molar-refractivity contribution in [3.8, 4) is 12.1 Å². The van der Waals surface area contributed by atoms with Gasteiger partial charge in [0.1, 0.15) is 29.2 Å². The molecule has 0 amide bonds. The van der Waals surface area contributed by atoms with Gasteiger partial charge in [-0.2, -0.15) is 15.6 Å². The van der Waals surface area contributed by atoms with E-state index in [1.807, 2.05) is 12.1 Å². The maximum absolute atomic E-state index is 11.4. The molecule has 0 aliphatic rings. The van der Waals surface area contributed by atoms with Crippen molar-refractivity contribution < 1.29 is 14.6 Å². The van der Waals surface area contributed by atoms with E-state index in [4.69, 9.17) is 10.8 Å². The van der Waals surface area contributed by atoms with E-state index in [2.05, 4.69) is 9.84 Å². The van der Waals surface area contributed by atoms with E-state index in [0.29, 0.717) is 11.1 Å². The first-order chi connectivity index (χ1) is 12.0. The molecular weight excluding hydrogens is 322 g/mol. The van der Waals surface area contributed by atoms with Gasteiger partial charge in [0.25, 0.3) is 0 Å². The van der Waals surface area contributed by atoms with Crippen molar-refractivity contribution in [3.63, 3.8) is 0 Å². The molecule has 1 aromatic carbocycles. The van der Waals surface area contributed by atoms with Gasteiger partial charge in [0, 0.05) is 0 Å². The lowest BCUT2D eigenvalue weighted by Crippen LogP contribution is -2.07. The zero-order chi connectivity index (χ0) is 18.4. The Balaban J connectivity index is 2.45. The number of aliphatic hydroxyl groups is 1.